The van der Waals surface area contributed by atoms with Crippen LogP contribution in [0.15, 0.2) is 11.8 Å². The third kappa shape index (κ3) is 6.19. The molecule has 0 saturated heterocycles. The van der Waals surface area contributed by atoms with Crippen LogP contribution in [0.3, 0.4) is 0 Å². The van der Waals surface area contributed by atoms with Gasteiger partial charge in [-0.15, -0.1) is 0 Å². The zero-order valence-corrected chi connectivity index (χ0v) is 9.95. The van der Waals surface area contributed by atoms with E-state index in [1.165, 1.54) is 6.08 Å². The number of carbonyl (C=O) groups is 2. The lowest BCUT2D eigenvalue weighted by atomic mass is 10.0. The molecule has 0 aromatic carbocycles. The van der Waals surface area contributed by atoms with Gasteiger partial charge in [-0.2, -0.15) is 0 Å². The van der Waals surface area contributed by atoms with Gasteiger partial charge in [0.25, 0.3) is 0 Å². The molecule has 0 aromatic heterocycles. The maximum atomic E-state index is 11.4. The number of carboxylic acids is 1. The first-order chi connectivity index (χ1) is 7.51. The monoisotopic (exact) mass is 229 g/mol. The van der Waals surface area contributed by atoms with Crippen LogP contribution in [0.25, 0.3) is 0 Å². The maximum absolute atomic E-state index is 11.4. The van der Waals surface area contributed by atoms with E-state index < -0.39 is 5.97 Å². The van der Waals surface area contributed by atoms with E-state index in [1.807, 2.05) is 6.92 Å². The number of ether oxygens (including phenoxy) is 1. The molecule has 16 heavy (non-hydrogen) atoms. The van der Waals surface area contributed by atoms with E-state index in [2.05, 4.69) is 5.32 Å². The van der Waals surface area contributed by atoms with Crippen LogP contribution in [0.5, 0.6) is 0 Å². The topological polar surface area (TPSA) is 75.6 Å². The van der Waals surface area contributed by atoms with Crippen molar-refractivity contribution in [2.75, 3.05) is 13.7 Å². The third-order valence-corrected chi connectivity index (χ3v) is 2.14. The van der Waals surface area contributed by atoms with Gasteiger partial charge in [0.05, 0.1) is 0 Å². The van der Waals surface area contributed by atoms with Gasteiger partial charge in [-0.1, -0.05) is 13.0 Å². The number of hydrogen-bond acceptors (Lipinski definition) is 3. The van der Waals surface area contributed by atoms with Crippen LogP contribution >= 0.6 is 0 Å². The van der Waals surface area contributed by atoms with Gasteiger partial charge < -0.3 is 15.2 Å². The van der Waals surface area contributed by atoms with E-state index in [0.717, 1.165) is 6.42 Å². The second-order valence-electron chi connectivity index (χ2n) is 3.65. The number of amides is 1. The maximum Gasteiger partial charge on any atom is 0.352 e. The van der Waals surface area contributed by atoms with Crippen LogP contribution in [0.1, 0.15) is 26.7 Å². The molecule has 0 aliphatic carbocycles. The van der Waals surface area contributed by atoms with Crippen molar-refractivity contribution in [2.45, 2.75) is 26.7 Å². The summed E-state index contributed by atoms with van der Waals surface area (Å²) in [6.07, 6.45) is 2.44. The highest BCUT2D eigenvalue weighted by molar-refractivity contribution is 5.92. The van der Waals surface area contributed by atoms with Crippen molar-refractivity contribution < 1.29 is 19.4 Å². The van der Waals surface area contributed by atoms with Crippen molar-refractivity contribution in [1.82, 2.24) is 5.32 Å². The number of aliphatic carboxylic acids is 1. The average molecular weight is 229 g/mol. The molecule has 0 saturated carbocycles. The highest BCUT2D eigenvalue weighted by atomic mass is 16.5. The molecule has 0 aliphatic rings. The van der Waals surface area contributed by atoms with Gasteiger partial charge in [-0.25, -0.2) is 4.79 Å². The fourth-order valence-electron chi connectivity index (χ4n) is 1.19. The third-order valence-electron chi connectivity index (χ3n) is 2.14. The summed E-state index contributed by atoms with van der Waals surface area (Å²) in [6.45, 7) is 4.09. The molecule has 0 aromatic rings. The van der Waals surface area contributed by atoms with Gasteiger partial charge in [0.1, 0.15) is 5.70 Å². The van der Waals surface area contributed by atoms with Crippen LogP contribution in [-0.2, 0) is 14.3 Å². The fraction of sp³-hybridized carbons (Fsp3) is 0.636. The predicted octanol–water partition coefficient (Wildman–Crippen LogP) is 1.15. The number of carboxylic acid groups (broad SMARTS) is 1. The number of hydrogen-bond donors (Lipinski definition) is 2. The zero-order chi connectivity index (χ0) is 12.6. The number of methoxy groups -OCH3 is 1. The summed E-state index contributed by atoms with van der Waals surface area (Å²) < 4.78 is 4.90. The first kappa shape index (κ1) is 14.6. The molecule has 5 nitrogen and oxygen atoms in total. The van der Waals surface area contributed by atoms with Crippen LogP contribution < -0.4 is 5.32 Å². The van der Waals surface area contributed by atoms with Gasteiger partial charge >= 0.3 is 5.97 Å². The highest BCUT2D eigenvalue weighted by Gasteiger charge is 2.13. The van der Waals surface area contributed by atoms with E-state index in [0.29, 0.717) is 13.0 Å². The van der Waals surface area contributed by atoms with Crippen LogP contribution in [0, 0.1) is 5.92 Å². The molecule has 0 radical (unpaired) electrons. The van der Waals surface area contributed by atoms with Gasteiger partial charge in [0.2, 0.25) is 5.91 Å². The Hall–Kier alpha value is -1.36. The Kier molecular flexibility index (Phi) is 7.20. The molecular formula is C11H19NO4. The van der Waals surface area contributed by atoms with E-state index in [9.17, 15) is 9.59 Å². The smallest absolute Gasteiger partial charge is 0.352 e. The van der Waals surface area contributed by atoms with Crippen LogP contribution in [-0.4, -0.2) is 30.7 Å². The Morgan fingerprint density at radius 3 is 2.56 bits per heavy atom. The first-order valence-corrected chi connectivity index (χ1v) is 5.19. The van der Waals surface area contributed by atoms with Gasteiger partial charge in [0, 0.05) is 20.1 Å². The minimum Gasteiger partial charge on any atom is -0.477 e. The molecule has 0 spiro atoms. The van der Waals surface area contributed by atoms with Crippen molar-refractivity contribution in [3.8, 4) is 0 Å². The van der Waals surface area contributed by atoms with E-state index in [-0.39, 0.29) is 17.5 Å². The lowest BCUT2D eigenvalue weighted by Gasteiger charge is -2.11. The number of carbonyl (C=O) groups excluding carboxylic acids is 1. The lowest BCUT2D eigenvalue weighted by molar-refractivity contribution is -0.134. The predicted molar refractivity (Wildman–Crippen MR) is 59.8 cm³/mol. The number of allylic oxidation sites excluding steroid dienone is 1. The normalized spacial score (nSPS) is 13.3. The number of rotatable bonds is 7. The minimum atomic E-state index is -1.12. The molecule has 5 heteroatoms. The van der Waals surface area contributed by atoms with Crippen molar-refractivity contribution >= 4 is 11.9 Å². The first-order valence-electron chi connectivity index (χ1n) is 5.19. The molecule has 0 rings (SSSR count). The standard InChI is InChI=1S/C11H19NO4/c1-4-9(11(14)15)12-10(13)7-8(2)5-6-16-3/h4,8H,5-7H2,1-3H3,(H,12,13)(H,14,15)/b9-4+. The summed E-state index contributed by atoms with van der Waals surface area (Å²) >= 11 is 0. The SMILES string of the molecule is C/C=C(/NC(=O)CC(C)CCOC)C(=O)O. The molecule has 2 N–H and O–H groups in total. The van der Waals surface area contributed by atoms with Crippen molar-refractivity contribution in [2.24, 2.45) is 5.92 Å². The zero-order valence-electron chi connectivity index (χ0n) is 9.95. The quantitative estimate of drug-likeness (QED) is 0.642. The summed E-state index contributed by atoms with van der Waals surface area (Å²) in [5.41, 5.74) is -0.0797. The molecule has 92 valence electrons. The van der Waals surface area contributed by atoms with Gasteiger partial charge in [-0.3, -0.25) is 4.79 Å². The Morgan fingerprint density at radius 2 is 2.12 bits per heavy atom. The van der Waals surface area contributed by atoms with Gasteiger partial charge in [0.15, 0.2) is 0 Å². The Morgan fingerprint density at radius 1 is 1.50 bits per heavy atom. The molecule has 1 unspecified atom stereocenters. The molecule has 0 fully saturated rings. The lowest BCUT2D eigenvalue weighted by Crippen LogP contribution is -2.28. The molecule has 0 aliphatic heterocycles. The average Bonchev–Trinajstić information content (AvgIpc) is 2.22. The minimum absolute atomic E-state index is 0.0797. The summed E-state index contributed by atoms with van der Waals surface area (Å²) in [4.78, 5) is 22.1. The van der Waals surface area contributed by atoms with Crippen molar-refractivity contribution in [3.05, 3.63) is 11.8 Å². The highest BCUT2D eigenvalue weighted by Crippen LogP contribution is 2.07. The van der Waals surface area contributed by atoms with Crippen molar-refractivity contribution in [1.29, 1.82) is 0 Å². The second-order valence-corrected chi connectivity index (χ2v) is 3.65. The molecule has 1 atom stereocenters. The molecule has 0 bridgehead atoms. The van der Waals surface area contributed by atoms with E-state index in [4.69, 9.17) is 9.84 Å². The van der Waals surface area contributed by atoms with E-state index in [1.54, 1.807) is 14.0 Å². The van der Waals surface area contributed by atoms with Crippen LogP contribution in [0.2, 0.25) is 0 Å². The fourth-order valence-corrected chi connectivity index (χ4v) is 1.19. The summed E-state index contributed by atoms with van der Waals surface area (Å²) in [7, 11) is 1.61. The van der Waals surface area contributed by atoms with E-state index >= 15 is 0 Å². The largest absolute Gasteiger partial charge is 0.477 e. The molecular weight excluding hydrogens is 210 g/mol. The van der Waals surface area contributed by atoms with Crippen molar-refractivity contribution in [3.63, 3.8) is 0 Å². The Balaban J connectivity index is 4.03. The Bertz CT molecular complexity index is 273. The summed E-state index contributed by atoms with van der Waals surface area (Å²) in [5.74, 6) is -1.23. The van der Waals surface area contributed by atoms with Crippen LogP contribution in [0.4, 0.5) is 0 Å². The Labute approximate surface area is 95.5 Å². The summed E-state index contributed by atoms with van der Waals surface area (Å²) in [6, 6.07) is 0. The molecule has 1 amide bonds. The summed E-state index contributed by atoms with van der Waals surface area (Å²) in [5, 5.41) is 11.0. The molecule has 0 heterocycles. The number of nitrogens with one attached hydrogen (secondary N) is 1. The second kappa shape index (κ2) is 7.87. The van der Waals surface area contributed by atoms with Gasteiger partial charge in [-0.05, 0) is 19.3 Å².